The van der Waals surface area contributed by atoms with Crippen molar-refractivity contribution in [2.75, 3.05) is 0 Å². The molecule has 1 saturated carbocycles. The van der Waals surface area contributed by atoms with Gasteiger partial charge >= 0.3 is 11.9 Å². The first kappa shape index (κ1) is 12.7. The molecule has 1 fully saturated rings. The van der Waals surface area contributed by atoms with Gasteiger partial charge in [-0.1, -0.05) is 0 Å². The number of carbonyl (C=O) groups is 3. The number of Topliss-reactive ketones (excluding diaryl/α,β-unsaturated/α-hetero) is 1. The molecule has 2 atom stereocenters. The molecule has 0 aromatic heterocycles. The molecule has 0 saturated heterocycles. The first-order chi connectivity index (χ1) is 7.20. The third-order valence-electron chi connectivity index (χ3n) is 2.24. The number of carbonyl (C=O) groups excluding carboxylic acids is 2. The van der Waals surface area contributed by atoms with Gasteiger partial charge < -0.3 is 9.84 Å². The van der Waals surface area contributed by atoms with Crippen molar-refractivity contribution in [3.8, 4) is 0 Å². The van der Waals surface area contributed by atoms with Crippen LogP contribution in [-0.2, 0) is 19.1 Å². The van der Waals surface area contributed by atoms with Crippen LogP contribution in [0.3, 0.4) is 0 Å². The Labute approximate surface area is 93.8 Å². The lowest BCUT2D eigenvalue weighted by atomic mass is 10.1. The van der Waals surface area contributed by atoms with Crippen molar-refractivity contribution < 1.29 is 24.2 Å². The van der Waals surface area contributed by atoms with Crippen LogP contribution in [0.1, 0.15) is 33.6 Å². The molecule has 0 aliphatic heterocycles. The van der Waals surface area contributed by atoms with Crippen molar-refractivity contribution in [2.45, 2.75) is 39.2 Å². The van der Waals surface area contributed by atoms with E-state index in [-0.39, 0.29) is 5.78 Å². The number of hydrogen-bond donors (Lipinski definition) is 1. The van der Waals surface area contributed by atoms with E-state index in [1.807, 2.05) is 0 Å². The lowest BCUT2D eigenvalue weighted by molar-refractivity contribution is -0.157. The molecule has 0 heterocycles. The second-order valence-corrected chi connectivity index (χ2v) is 5.02. The zero-order chi connectivity index (χ0) is 12.5. The number of carboxylic acids is 1. The molecule has 1 aliphatic rings. The smallest absolute Gasteiger partial charge is 0.310 e. The van der Waals surface area contributed by atoms with Gasteiger partial charge in [-0.3, -0.25) is 14.4 Å². The molecule has 1 N–H and O–H groups in total. The largest absolute Gasteiger partial charge is 0.481 e. The van der Waals surface area contributed by atoms with Crippen LogP contribution in [0.15, 0.2) is 0 Å². The minimum absolute atomic E-state index is 0.386. The molecule has 1 rings (SSSR count). The Bertz CT molecular complexity index is 326. The van der Waals surface area contributed by atoms with Gasteiger partial charge in [0.25, 0.3) is 0 Å². The molecule has 0 bridgehead atoms. The molecule has 5 heteroatoms. The Hall–Kier alpha value is -1.39. The number of esters is 1. The number of aliphatic carboxylic acids is 1. The van der Waals surface area contributed by atoms with E-state index in [4.69, 9.17) is 9.84 Å². The Morgan fingerprint density at radius 1 is 1.25 bits per heavy atom. The standard InChI is InChI=1S/C11H16O5/c1-11(2,3)16-10(15)7-4-6(7)8(12)5-9(13)14/h6-7H,4-5H2,1-3H3,(H,13,14)/t6-,7+/m1/s1. The van der Waals surface area contributed by atoms with E-state index in [0.29, 0.717) is 6.42 Å². The summed E-state index contributed by atoms with van der Waals surface area (Å²) in [6, 6.07) is 0. The van der Waals surface area contributed by atoms with Gasteiger partial charge in [-0.05, 0) is 27.2 Å². The van der Waals surface area contributed by atoms with Crippen LogP contribution in [0.25, 0.3) is 0 Å². The van der Waals surface area contributed by atoms with E-state index >= 15 is 0 Å². The van der Waals surface area contributed by atoms with E-state index in [0.717, 1.165) is 0 Å². The van der Waals surface area contributed by atoms with Crippen LogP contribution in [0.5, 0.6) is 0 Å². The quantitative estimate of drug-likeness (QED) is 0.573. The molecule has 90 valence electrons. The highest BCUT2D eigenvalue weighted by Crippen LogP contribution is 2.41. The first-order valence-electron chi connectivity index (χ1n) is 5.18. The molecule has 0 aromatic rings. The maximum absolute atomic E-state index is 11.5. The molecule has 0 aromatic carbocycles. The summed E-state index contributed by atoms with van der Waals surface area (Å²) in [7, 11) is 0. The second kappa shape index (κ2) is 4.23. The van der Waals surface area contributed by atoms with Crippen LogP contribution in [-0.4, -0.2) is 28.4 Å². The summed E-state index contributed by atoms with van der Waals surface area (Å²) in [4.78, 5) is 33.1. The summed E-state index contributed by atoms with van der Waals surface area (Å²) in [5.74, 6) is -2.84. The van der Waals surface area contributed by atoms with Gasteiger partial charge in [0.05, 0.1) is 5.92 Å². The van der Waals surface area contributed by atoms with Crippen molar-refractivity contribution in [3.63, 3.8) is 0 Å². The molecule has 0 radical (unpaired) electrons. The predicted octanol–water partition coefficient (Wildman–Crippen LogP) is 1.01. The lowest BCUT2D eigenvalue weighted by Crippen LogP contribution is -2.26. The molecular weight excluding hydrogens is 212 g/mol. The maximum atomic E-state index is 11.5. The van der Waals surface area contributed by atoms with Gasteiger partial charge in [-0.25, -0.2) is 0 Å². The Kier molecular flexibility index (Phi) is 3.35. The van der Waals surface area contributed by atoms with Crippen LogP contribution in [0.4, 0.5) is 0 Å². The van der Waals surface area contributed by atoms with E-state index < -0.39 is 35.8 Å². The third-order valence-corrected chi connectivity index (χ3v) is 2.24. The van der Waals surface area contributed by atoms with Crippen LogP contribution in [0.2, 0.25) is 0 Å². The van der Waals surface area contributed by atoms with E-state index in [1.54, 1.807) is 20.8 Å². The number of ketones is 1. The number of rotatable bonds is 4. The molecule has 0 unspecified atom stereocenters. The fourth-order valence-corrected chi connectivity index (χ4v) is 1.47. The average molecular weight is 228 g/mol. The minimum atomic E-state index is -1.15. The molecule has 16 heavy (non-hydrogen) atoms. The second-order valence-electron chi connectivity index (χ2n) is 5.02. The monoisotopic (exact) mass is 228 g/mol. The van der Waals surface area contributed by atoms with Gasteiger partial charge in [0.15, 0.2) is 0 Å². The summed E-state index contributed by atoms with van der Waals surface area (Å²) >= 11 is 0. The summed E-state index contributed by atoms with van der Waals surface area (Å²) in [5, 5.41) is 8.43. The fourth-order valence-electron chi connectivity index (χ4n) is 1.47. The van der Waals surface area contributed by atoms with E-state index in [2.05, 4.69) is 0 Å². The first-order valence-corrected chi connectivity index (χ1v) is 5.18. The van der Waals surface area contributed by atoms with Crippen LogP contribution in [0, 0.1) is 11.8 Å². The van der Waals surface area contributed by atoms with Crippen molar-refractivity contribution in [3.05, 3.63) is 0 Å². The van der Waals surface area contributed by atoms with Crippen molar-refractivity contribution in [1.29, 1.82) is 0 Å². The van der Waals surface area contributed by atoms with Crippen molar-refractivity contribution in [2.24, 2.45) is 11.8 Å². The van der Waals surface area contributed by atoms with Crippen LogP contribution >= 0.6 is 0 Å². The maximum Gasteiger partial charge on any atom is 0.310 e. The molecule has 0 spiro atoms. The van der Waals surface area contributed by atoms with Crippen molar-refractivity contribution in [1.82, 2.24) is 0 Å². The van der Waals surface area contributed by atoms with E-state index in [9.17, 15) is 14.4 Å². The third kappa shape index (κ3) is 3.64. The van der Waals surface area contributed by atoms with Crippen molar-refractivity contribution >= 4 is 17.7 Å². The Morgan fingerprint density at radius 2 is 1.81 bits per heavy atom. The van der Waals surface area contributed by atoms with Gasteiger partial charge in [-0.15, -0.1) is 0 Å². The number of carboxylic acid groups (broad SMARTS) is 1. The Morgan fingerprint density at radius 3 is 2.25 bits per heavy atom. The Balaban J connectivity index is 2.42. The highest BCUT2D eigenvalue weighted by Gasteiger charge is 2.49. The molecule has 1 aliphatic carbocycles. The zero-order valence-electron chi connectivity index (χ0n) is 9.65. The molecule has 0 amide bonds. The zero-order valence-corrected chi connectivity index (χ0v) is 9.65. The highest BCUT2D eigenvalue weighted by atomic mass is 16.6. The number of hydrogen-bond acceptors (Lipinski definition) is 4. The van der Waals surface area contributed by atoms with Gasteiger partial charge in [-0.2, -0.15) is 0 Å². The normalized spacial score (nSPS) is 23.7. The highest BCUT2D eigenvalue weighted by molar-refractivity contribution is 6.00. The lowest BCUT2D eigenvalue weighted by Gasteiger charge is -2.19. The van der Waals surface area contributed by atoms with Crippen LogP contribution < -0.4 is 0 Å². The van der Waals surface area contributed by atoms with Gasteiger partial charge in [0, 0.05) is 5.92 Å². The molecule has 5 nitrogen and oxygen atoms in total. The SMILES string of the molecule is CC(C)(C)OC(=O)[C@H]1C[C@H]1C(=O)CC(=O)O. The summed E-state index contributed by atoms with van der Waals surface area (Å²) in [6.45, 7) is 5.25. The fraction of sp³-hybridized carbons (Fsp3) is 0.727. The van der Waals surface area contributed by atoms with Gasteiger partial charge in [0.2, 0.25) is 0 Å². The van der Waals surface area contributed by atoms with Gasteiger partial charge in [0.1, 0.15) is 17.8 Å². The topological polar surface area (TPSA) is 80.7 Å². The number of ether oxygens (including phenoxy) is 1. The summed E-state index contributed by atoms with van der Waals surface area (Å²) < 4.78 is 5.11. The minimum Gasteiger partial charge on any atom is -0.481 e. The average Bonchev–Trinajstić information content (AvgIpc) is 2.76. The summed E-state index contributed by atoms with van der Waals surface area (Å²) in [5.41, 5.74) is -0.569. The molecular formula is C11H16O5. The van der Waals surface area contributed by atoms with E-state index in [1.165, 1.54) is 0 Å². The predicted molar refractivity (Wildman–Crippen MR) is 54.7 cm³/mol. The summed E-state index contributed by atoms with van der Waals surface area (Å²) in [6.07, 6.45) is -0.0923.